The second kappa shape index (κ2) is 7.39. The summed E-state index contributed by atoms with van der Waals surface area (Å²) in [6.45, 7) is 2.92. The largest absolute Gasteiger partial charge is 0.455 e. The summed E-state index contributed by atoms with van der Waals surface area (Å²) < 4.78 is 37.4. The Morgan fingerprint density at radius 1 is 1.40 bits per heavy atom. The molecule has 8 nitrogen and oxygen atoms in total. The number of amides is 1. The molecular formula is C11H18N2O6S. The lowest BCUT2D eigenvalue weighted by Crippen LogP contribution is -2.27. The summed E-state index contributed by atoms with van der Waals surface area (Å²) in [5.74, 6) is -0.559. The molecule has 0 radical (unpaired) electrons. The van der Waals surface area contributed by atoms with Gasteiger partial charge in [-0.3, -0.25) is 4.79 Å². The summed E-state index contributed by atoms with van der Waals surface area (Å²) >= 11 is 0. The van der Waals surface area contributed by atoms with Crippen molar-refractivity contribution < 1.29 is 27.1 Å². The molecule has 0 saturated heterocycles. The van der Waals surface area contributed by atoms with Crippen LogP contribution in [0, 0.1) is 6.92 Å². The monoisotopic (exact) mass is 306 g/mol. The first kappa shape index (κ1) is 16.6. The van der Waals surface area contributed by atoms with Gasteiger partial charge >= 0.3 is 0 Å². The maximum Gasteiger partial charge on any atom is 0.287 e. The van der Waals surface area contributed by atoms with Crippen LogP contribution in [0.4, 0.5) is 0 Å². The van der Waals surface area contributed by atoms with Crippen molar-refractivity contribution in [2.45, 2.75) is 11.8 Å². The topological polar surface area (TPSA) is 121 Å². The second-order valence-corrected chi connectivity index (χ2v) is 5.47. The van der Waals surface area contributed by atoms with E-state index in [9.17, 15) is 13.2 Å². The second-order valence-electron chi connectivity index (χ2n) is 3.94. The molecule has 0 bridgehead atoms. The number of furan rings is 1. The number of primary sulfonamides is 1. The fourth-order valence-corrected chi connectivity index (χ4v) is 2.14. The van der Waals surface area contributed by atoms with Crippen LogP contribution < -0.4 is 10.5 Å². The van der Waals surface area contributed by atoms with E-state index in [0.29, 0.717) is 19.8 Å². The number of aryl methyl sites for hydroxylation is 1. The molecule has 0 unspecified atom stereocenters. The van der Waals surface area contributed by atoms with Crippen LogP contribution in [0.1, 0.15) is 16.3 Å². The smallest absolute Gasteiger partial charge is 0.287 e. The normalized spacial score (nSPS) is 11.6. The molecule has 0 aromatic carbocycles. The Labute approximate surface area is 117 Å². The molecule has 20 heavy (non-hydrogen) atoms. The molecule has 0 aliphatic rings. The zero-order valence-electron chi connectivity index (χ0n) is 11.3. The zero-order valence-corrected chi connectivity index (χ0v) is 12.2. The number of hydrogen-bond donors (Lipinski definition) is 2. The minimum atomic E-state index is -3.89. The van der Waals surface area contributed by atoms with Gasteiger partial charge in [-0.05, 0) is 6.92 Å². The molecular weight excluding hydrogens is 288 g/mol. The van der Waals surface area contributed by atoms with Crippen LogP contribution in [0.2, 0.25) is 0 Å². The molecule has 0 aliphatic heterocycles. The van der Waals surface area contributed by atoms with Crippen molar-refractivity contribution in [2.75, 3.05) is 33.5 Å². The minimum absolute atomic E-state index is 0.0778. The van der Waals surface area contributed by atoms with Crippen molar-refractivity contribution in [3.05, 3.63) is 17.6 Å². The van der Waals surface area contributed by atoms with Crippen LogP contribution in [-0.4, -0.2) is 47.8 Å². The van der Waals surface area contributed by atoms with Crippen LogP contribution in [0.5, 0.6) is 0 Å². The number of sulfonamides is 1. The quantitative estimate of drug-likeness (QED) is 0.632. The van der Waals surface area contributed by atoms with E-state index in [1.54, 1.807) is 7.11 Å². The van der Waals surface area contributed by atoms with Crippen LogP contribution in [0.3, 0.4) is 0 Å². The van der Waals surface area contributed by atoms with E-state index in [0.717, 1.165) is 6.07 Å². The number of methoxy groups -OCH3 is 1. The molecule has 1 heterocycles. The van der Waals surface area contributed by atoms with Gasteiger partial charge < -0.3 is 19.2 Å². The Bertz CT molecular complexity index is 551. The van der Waals surface area contributed by atoms with Gasteiger partial charge in [0, 0.05) is 19.7 Å². The number of hydrogen-bond acceptors (Lipinski definition) is 6. The van der Waals surface area contributed by atoms with Crippen molar-refractivity contribution >= 4 is 15.9 Å². The van der Waals surface area contributed by atoms with E-state index in [1.807, 2.05) is 0 Å². The lowest BCUT2D eigenvalue weighted by atomic mass is 10.4. The average molecular weight is 306 g/mol. The van der Waals surface area contributed by atoms with Gasteiger partial charge in [0.15, 0.2) is 5.76 Å². The maximum absolute atomic E-state index is 11.7. The van der Waals surface area contributed by atoms with Gasteiger partial charge in [0.05, 0.1) is 19.8 Å². The summed E-state index contributed by atoms with van der Waals surface area (Å²) in [5, 5.41) is 7.52. The van der Waals surface area contributed by atoms with E-state index < -0.39 is 15.9 Å². The Morgan fingerprint density at radius 2 is 2.10 bits per heavy atom. The highest BCUT2D eigenvalue weighted by Crippen LogP contribution is 2.18. The summed E-state index contributed by atoms with van der Waals surface area (Å²) in [6, 6.07) is 1.10. The first-order valence-electron chi connectivity index (χ1n) is 5.84. The van der Waals surface area contributed by atoms with E-state index in [1.165, 1.54) is 6.92 Å². The van der Waals surface area contributed by atoms with Crippen molar-refractivity contribution in [1.29, 1.82) is 0 Å². The van der Waals surface area contributed by atoms with Crippen LogP contribution in [0.15, 0.2) is 15.4 Å². The van der Waals surface area contributed by atoms with Crippen molar-refractivity contribution in [3.63, 3.8) is 0 Å². The molecule has 1 aromatic rings. The number of rotatable bonds is 8. The molecule has 1 amide bonds. The fourth-order valence-electron chi connectivity index (χ4n) is 1.43. The van der Waals surface area contributed by atoms with Crippen molar-refractivity contribution in [2.24, 2.45) is 5.14 Å². The Morgan fingerprint density at radius 3 is 2.65 bits per heavy atom. The van der Waals surface area contributed by atoms with E-state index in [2.05, 4.69) is 5.32 Å². The van der Waals surface area contributed by atoms with Gasteiger partial charge in [-0.25, -0.2) is 13.6 Å². The van der Waals surface area contributed by atoms with E-state index >= 15 is 0 Å². The van der Waals surface area contributed by atoms with Crippen LogP contribution in [0.25, 0.3) is 0 Å². The molecule has 0 fully saturated rings. The molecule has 1 aromatic heterocycles. The first-order chi connectivity index (χ1) is 9.36. The number of nitrogens with two attached hydrogens (primary N) is 1. The van der Waals surface area contributed by atoms with Gasteiger partial charge in [0.25, 0.3) is 5.91 Å². The fraction of sp³-hybridized carbons (Fsp3) is 0.545. The number of carbonyl (C=O) groups is 1. The van der Waals surface area contributed by atoms with Crippen LogP contribution in [-0.2, 0) is 19.5 Å². The third kappa shape index (κ3) is 4.93. The molecule has 9 heteroatoms. The molecule has 3 N–H and O–H groups in total. The first-order valence-corrected chi connectivity index (χ1v) is 7.39. The molecule has 0 spiro atoms. The zero-order chi connectivity index (χ0) is 15.2. The predicted molar refractivity (Wildman–Crippen MR) is 69.8 cm³/mol. The van der Waals surface area contributed by atoms with Crippen molar-refractivity contribution in [3.8, 4) is 0 Å². The van der Waals surface area contributed by atoms with Gasteiger partial charge in [0.1, 0.15) is 10.7 Å². The predicted octanol–water partition coefficient (Wildman–Crippen LogP) is -0.372. The summed E-state index contributed by atoms with van der Waals surface area (Å²) in [5.41, 5.74) is 0. The lowest BCUT2D eigenvalue weighted by molar-refractivity contribution is 0.0687. The maximum atomic E-state index is 11.7. The summed E-state index contributed by atoms with van der Waals surface area (Å²) in [7, 11) is -2.33. The highest BCUT2D eigenvalue weighted by molar-refractivity contribution is 7.89. The summed E-state index contributed by atoms with van der Waals surface area (Å²) in [4.78, 5) is 11.5. The SMILES string of the molecule is COCCOCCNC(=O)c1cc(S(N)(=O)=O)c(C)o1. The summed E-state index contributed by atoms with van der Waals surface area (Å²) in [6.07, 6.45) is 0. The molecule has 0 aliphatic carbocycles. The average Bonchev–Trinajstić information content (AvgIpc) is 2.75. The third-order valence-electron chi connectivity index (χ3n) is 2.37. The molecule has 0 atom stereocenters. The number of nitrogens with one attached hydrogen (secondary N) is 1. The highest BCUT2D eigenvalue weighted by Gasteiger charge is 2.20. The van der Waals surface area contributed by atoms with E-state index in [4.69, 9.17) is 19.0 Å². The molecule has 114 valence electrons. The lowest BCUT2D eigenvalue weighted by Gasteiger charge is -2.04. The Kier molecular flexibility index (Phi) is 6.14. The van der Waals surface area contributed by atoms with Crippen molar-refractivity contribution in [1.82, 2.24) is 5.32 Å². The Balaban J connectivity index is 2.49. The third-order valence-corrected chi connectivity index (χ3v) is 3.38. The highest BCUT2D eigenvalue weighted by atomic mass is 32.2. The number of ether oxygens (including phenoxy) is 2. The molecule has 1 rings (SSSR count). The minimum Gasteiger partial charge on any atom is -0.455 e. The van der Waals surface area contributed by atoms with Gasteiger partial charge in [0.2, 0.25) is 10.0 Å². The molecule has 0 saturated carbocycles. The van der Waals surface area contributed by atoms with Gasteiger partial charge in [-0.2, -0.15) is 0 Å². The van der Waals surface area contributed by atoms with E-state index in [-0.39, 0.29) is 23.0 Å². The standard InChI is InChI=1S/C11H18N2O6S/c1-8-10(20(12,15)16)7-9(19-8)11(14)13-3-4-18-6-5-17-2/h7H,3-6H2,1-2H3,(H,13,14)(H2,12,15,16). The van der Waals surface area contributed by atoms with Gasteiger partial charge in [-0.15, -0.1) is 0 Å². The number of carbonyl (C=O) groups excluding carboxylic acids is 1. The van der Waals surface area contributed by atoms with Crippen LogP contribution >= 0.6 is 0 Å². The van der Waals surface area contributed by atoms with Gasteiger partial charge in [-0.1, -0.05) is 0 Å². The Hall–Kier alpha value is -1.42.